The summed E-state index contributed by atoms with van der Waals surface area (Å²) in [6.07, 6.45) is -3.02. The fraction of sp³-hybridized carbons (Fsp3) is 0.250. The monoisotopic (exact) mass is 449 g/mol. The summed E-state index contributed by atoms with van der Waals surface area (Å²) in [6, 6.07) is 8.64. The van der Waals surface area contributed by atoms with Crippen molar-refractivity contribution in [1.29, 1.82) is 0 Å². The van der Waals surface area contributed by atoms with Gasteiger partial charge < -0.3 is 9.72 Å². The molecule has 0 aliphatic rings. The standard InChI is InChI=1S/C16H14F3N3O2S.2Ca/c1-10-7-20-11(6-14(10)24-9-16(17,18)19)8-25(23)15-21-12-4-2-3-5-13(12)22-15;;/h2-7H,8-9H2,1H3,(H,21,22);;/q;2*+2. The second-order valence-corrected chi connectivity index (χ2v) is 6.76. The number of imidazole rings is 1. The quantitative estimate of drug-likeness (QED) is 0.609. The van der Waals surface area contributed by atoms with Crippen LogP contribution >= 0.6 is 0 Å². The number of halogens is 3. The van der Waals surface area contributed by atoms with Crippen LogP contribution in [0, 0.1) is 6.92 Å². The van der Waals surface area contributed by atoms with Crippen LogP contribution in [-0.2, 0) is 16.6 Å². The molecule has 11 heteroatoms. The van der Waals surface area contributed by atoms with Crippen LogP contribution < -0.4 is 4.74 Å². The van der Waals surface area contributed by atoms with Crippen LogP contribution in [-0.4, -0.2) is 107 Å². The normalized spacial score (nSPS) is 12.1. The number of nitrogens with one attached hydrogen (secondary N) is 1. The van der Waals surface area contributed by atoms with Gasteiger partial charge in [-0.2, -0.15) is 13.2 Å². The molecule has 0 saturated carbocycles. The molecule has 2 aromatic heterocycles. The number of aryl methyl sites for hydroxylation is 1. The number of aromatic nitrogens is 3. The summed E-state index contributed by atoms with van der Waals surface area (Å²) in [4.78, 5) is 11.3. The molecule has 1 atom stereocenters. The molecule has 5 nitrogen and oxygen atoms in total. The van der Waals surface area contributed by atoms with Gasteiger partial charge in [0.05, 0.1) is 33.3 Å². The number of hydrogen-bond donors (Lipinski definition) is 1. The molecular formula is C16H14Ca2F3N3O2S+4. The number of fused-ring (bicyclic) bond motifs is 1. The minimum absolute atomic E-state index is 0. The number of benzene rings is 1. The Morgan fingerprint density at radius 2 is 1.93 bits per heavy atom. The molecule has 0 aliphatic heterocycles. The number of nitrogens with zero attached hydrogens (tertiary/aromatic N) is 2. The molecule has 27 heavy (non-hydrogen) atoms. The van der Waals surface area contributed by atoms with Crippen LogP contribution in [0.15, 0.2) is 41.7 Å². The molecule has 0 bridgehead atoms. The summed E-state index contributed by atoms with van der Waals surface area (Å²) >= 11 is 0. The summed E-state index contributed by atoms with van der Waals surface area (Å²) in [7, 11) is -1.51. The van der Waals surface area contributed by atoms with E-state index in [1.54, 1.807) is 13.0 Å². The van der Waals surface area contributed by atoms with Crippen LogP contribution in [0.3, 0.4) is 0 Å². The number of alkyl halides is 3. The molecule has 3 aromatic rings. The SMILES string of the molecule is Cc1cnc(CS(=O)c2nc3ccccc3[nH]2)cc1OCC(F)(F)F.[Ca+2].[Ca+2]. The predicted molar refractivity (Wildman–Crippen MR) is 98.2 cm³/mol. The largest absolute Gasteiger partial charge is 2.00 e. The molecule has 0 spiro atoms. The van der Waals surface area contributed by atoms with Gasteiger partial charge in [0.25, 0.3) is 0 Å². The van der Waals surface area contributed by atoms with Crippen LogP contribution in [0.4, 0.5) is 13.2 Å². The second-order valence-electron chi connectivity index (χ2n) is 5.39. The molecule has 0 amide bonds. The Balaban J connectivity index is 0.00000182. The van der Waals surface area contributed by atoms with E-state index in [2.05, 4.69) is 15.0 Å². The van der Waals surface area contributed by atoms with Crippen molar-refractivity contribution >= 4 is 97.3 Å². The fourth-order valence-corrected chi connectivity index (χ4v) is 3.17. The Labute approximate surface area is 215 Å². The van der Waals surface area contributed by atoms with Crippen molar-refractivity contribution in [3.8, 4) is 5.75 Å². The zero-order valence-electron chi connectivity index (χ0n) is 14.5. The van der Waals surface area contributed by atoms with Gasteiger partial charge in [-0.25, -0.2) is 4.98 Å². The molecule has 0 aliphatic carbocycles. The second kappa shape index (κ2) is 10.8. The van der Waals surface area contributed by atoms with Crippen molar-refractivity contribution in [3.05, 3.63) is 47.8 Å². The van der Waals surface area contributed by atoms with Crippen LogP contribution in [0.25, 0.3) is 11.0 Å². The van der Waals surface area contributed by atoms with Crippen LogP contribution in [0.1, 0.15) is 11.3 Å². The maximum absolute atomic E-state index is 12.5. The molecule has 0 fully saturated rings. The van der Waals surface area contributed by atoms with Gasteiger partial charge in [-0.05, 0) is 19.1 Å². The molecule has 3 rings (SSSR count). The van der Waals surface area contributed by atoms with Crippen molar-refractivity contribution in [2.75, 3.05) is 6.61 Å². The molecule has 1 N–H and O–H groups in total. The van der Waals surface area contributed by atoms with Crippen molar-refractivity contribution in [2.24, 2.45) is 0 Å². The van der Waals surface area contributed by atoms with E-state index in [0.29, 0.717) is 21.9 Å². The first-order chi connectivity index (χ1) is 11.8. The Kier molecular flexibility index (Phi) is 10.0. The molecule has 0 radical (unpaired) electrons. The number of H-pyrrole nitrogens is 1. The predicted octanol–water partition coefficient (Wildman–Crippen LogP) is 2.75. The number of para-hydroxylation sites is 2. The van der Waals surface area contributed by atoms with Gasteiger partial charge in [0, 0.05) is 17.8 Å². The van der Waals surface area contributed by atoms with E-state index in [-0.39, 0.29) is 87.0 Å². The van der Waals surface area contributed by atoms with E-state index in [9.17, 15) is 17.4 Å². The average molecular weight is 450 g/mol. The zero-order valence-corrected chi connectivity index (χ0v) is 19.8. The Morgan fingerprint density at radius 3 is 2.59 bits per heavy atom. The molecule has 0 saturated heterocycles. The smallest absolute Gasteiger partial charge is 0.484 e. The fourth-order valence-electron chi connectivity index (χ4n) is 2.18. The van der Waals surface area contributed by atoms with E-state index >= 15 is 0 Å². The number of hydrogen-bond acceptors (Lipinski definition) is 4. The minimum Gasteiger partial charge on any atom is -0.484 e. The number of rotatable bonds is 5. The summed E-state index contributed by atoms with van der Waals surface area (Å²) < 4.78 is 54.2. The molecular weight excluding hydrogens is 435 g/mol. The summed E-state index contributed by atoms with van der Waals surface area (Å²) in [5.74, 6) is 0.0894. The third kappa shape index (κ3) is 7.13. The number of aromatic amines is 1. The first-order valence-corrected chi connectivity index (χ1v) is 8.62. The number of pyridine rings is 1. The van der Waals surface area contributed by atoms with Gasteiger partial charge in [0.1, 0.15) is 5.75 Å². The molecule has 1 unspecified atom stereocenters. The number of ether oxygens (including phenoxy) is 1. The third-order valence-corrected chi connectivity index (χ3v) is 4.55. The van der Waals surface area contributed by atoms with Crippen molar-refractivity contribution < 1.29 is 22.1 Å². The summed E-state index contributed by atoms with van der Waals surface area (Å²) in [5, 5.41) is 0.293. The third-order valence-electron chi connectivity index (χ3n) is 3.36. The van der Waals surface area contributed by atoms with E-state index in [0.717, 1.165) is 5.52 Å². The van der Waals surface area contributed by atoms with Gasteiger partial charge in [-0.3, -0.25) is 9.19 Å². The van der Waals surface area contributed by atoms with Gasteiger partial charge in [-0.1, -0.05) is 12.1 Å². The van der Waals surface area contributed by atoms with Gasteiger partial charge in [-0.15, -0.1) is 0 Å². The minimum atomic E-state index is -4.42. The first kappa shape index (κ1) is 25.1. The van der Waals surface area contributed by atoms with Crippen LogP contribution in [0.5, 0.6) is 5.75 Å². The molecule has 2 heterocycles. The van der Waals surface area contributed by atoms with E-state index < -0.39 is 23.6 Å². The van der Waals surface area contributed by atoms with Gasteiger partial charge in [0.15, 0.2) is 11.8 Å². The zero-order chi connectivity index (χ0) is 18.0. The van der Waals surface area contributed by atoms with Crippen molar-refractivity contribution in [1.82, 2.24) is 15.0 Å². The average Bonchev–Trinajstić information content (AvgIpc) is 2.99. The maximum Gasteiger partial charge on any atom is 2.00 e. The van der Waals surface area contributed by atoms with E-state index in [4.69, 9.17) is 4.74 Å². The van der Waals surface area contributed by atoms with Gasteiger partial charge in [0.2, 0.25) is 0 Å². The van der Waals surface area contributed by atoms with Crippen molar-refractivity contribution in [2.45, 2.75) is 24.0 Å². The Morgan fingerprint density at radius 1 is 1.22 bits per heavy atom. The topological polar surface area (TPSA) is 67.9 Å². The Hall–Kier alpha value is 0.0995. The summed E-state index contributed by atoms with van der Waals surface area (Å²) in [6.45, 7) is 0.211. The van der Waals surface area contributed by atoms with E-state index in [1.165, 1.54) is 12.3 Å². The first-order valence-electron chi connectivity index (χ1n) is 7.30. The van der Waals surface area contributed by atoms with E-state index in [1.807, 2.05) is 18.2 Å². The van der Waals surface area contributed by atoms with Crippen LogP contribution in [0.2, 0.25) is 0 Å². The molecule has 1 aromatic carbocycles. The summed E-state index contributed by atoms with van der Waals surface area (Å²) in [5.41, 5.74) is 2.29. The molecule has 132 valence electrons. The van der Waals surface area contributed by atoms with Gasteiger partial charge >= 0.3 is 81.7 Å². The van der Waals surface area contributed by atoms with Crippen molar-refractivity contribution in [3.63, 3.8) is 0 Å². The maximum atomic E-state index is 12.5. The Bertz CT molecular complexity index is 902.